The van der Waals surface area contributed by atoms with Gasteiger partial charge in [0.15, 0.2) is 11.5 Å². The largest absolute Gasteiger partial charge is 0.508 e. The van der Waals surface area contributed by atoms with Crippen molar-refractivity contribution in [1.29, 1.82) is 0 Å². The number of hydrogen-bond donors (Lipinski definition) is 2. The minimum Gasteiger partial charge on any atom is -0.508 e. The monoisotopic (exact) mass is 418 g/mol. The molecule has 3 aromatic rings. The minimum atomic E-state index is -0.388. The number of carbonyl (C=O) groups is 2. The van der Waals surface area contributed by atoms with Gasteiger partial charge < -0.3 is 19.9 Å². The fourth-order valence-corrected chi connectivity index (χ4v) is 3.40. The summed E-state index contributed by atoms with van der Waals surface area (Å²) in [5.74, 6) is 0.261. The van der Waals surface area contributed by atoms with Crippen molar-refractivity contribution in [3.63, 3.8) is 0 Å². The highest BCUT2D eigenvalue weighted by Gasteiger charge is 2.27. The third-order valence-corrected chi connectivity index (χ3v) is 4.91. The number of nitrogens with one attached hydrogen (secondary N) is 1. The molecule has 2 amide bonds. The van der Waals surface area contributed by atoms with E-state index in [4.69, 9.17) is 9.47 Å². The second-order valence-corrected chi connectivity index (χ2v) is 7.05. The summed E-state index contributed by atoms with van der Waals surface area (Å²) in [6.45, 7) is 2.37. The van der Waals surface area contributed by atoms with Crippen molar-refractivity contribution in [1.82, 2.24) is 5.32 Å². The second-order valence-electron chi connectivity index (χ2n) is 7.05. The molecule has 1 heterocycles. The Morgan fingerprint density at radius 3 is 2.55 bits per heavy atom. The molecule has 0 saturated carbocycles. The first-order valence-electron chi connectivity index (χ1n) is 9.89. The molecule has 0 atom stereocenters. The smallest absolute Gasteiger partial charge is 0.251 e. The summed E-state index contributed by atoms with van der Waals surface area (Å²) < 4.78 is 11.5. The number of nitrogens with zero attached hydrogens (tertiary/aromatic N) is 1. The molecule has 1 aliphatic rings. The highest BCUT2D eigenvalue weighted by atomic mass is 16.6. The molecule has 1 aliphatic heterocycles. The van der Waals surface area contributed by atoms with Gasteiger partial charge in [0.1, 0.15) is 19.0 Å². The van der Waals surface area contributed by atoms with Gasteiger partial charge in [0.05, 0.1) is 17.9 Å². The van der Waals surface area contributed by atoms with Crippen molar-refractivity contribution in [2.75, 3.05) is 24.7 Å². The van der Waals surface area contributed by atoms with Crippen molar-refractivity contribution in [2.45, 2.75) is 6.92 Å². The zero-order valence-electron chi connectivity index (χ0n) is 17.0. The van der Waals surface area contributed by atoms with Crippen molar-refractivity contribution in [3.8, 4) is 17.2 Å². The van der Waals surface area contributed by atoms with Crippen LogP contribution in [0, 0.1) is 6.92 Å². The number of fused-ring (bicyclic) bond motifs is 1. The van der Waals surface area contributed by atoms with E-state index in [0.29, 0.717) is 41.7 Å². The first-order chi connectivity index (χ1) is 15.0. The van der Waals surface area contributed by atoms with Gasteiger partial charge in [-0.15, -0.1) is 0 Å². The predicted octanol–water partition coefficient (Wildman–Crippen LogP) is 3.57. The van der Waals surface area contributed by atoms with Gasteiger partial charge in [-0.05, 0) is 42.8 Å². The lowest BCUT2D eigenvalue weighted by atomic mass is 10.1. The Labute approximate surface area is 179 Å². The Morgan fingerprint density at radius 2 is 1.74 bits per heavy atom. The number of benzene rings is 3. The van der Waals surface area contributed by atoms with Gasteiger partial charge in [0, 0.05) is 11.6 Å². The van der Waals surface area contributed by atoms with Crippen LogP contribution in [0.2, 0.25) is 0 Å². The number of anilines is 2. The van der Waals surface area contributed by atoms with Crippen LogP contribution in [0.25, 0.3) is 0 Å². The Kier molecular flexibility index (Phi) is 5.75. The molecule has 0 unspecified atom stereocenters. The van der Waals surface area contributed by atoms with Crippen LogP contribution in [0.1, 0.15) is 15.9 Å². The average Bonchev–Trinajstić information content (AvgIpc) is 2.80. The van der Waals surface area contributed by atoms with E-state index in [1.807, 2.05) is 13.0 Å². The number of aryl methyl sites for hydroxylation is 1. The van der Waals surface area contributed by atoms with Crippen molar-refractivity contribution >= 4 is 23.2 Å². The van der Waals surface area contributed by atoms with Crippen LogP contribution in [0.4, 0.5) is 11.4 Å². The molecule has 0 radical (unpaired) electrons. The van der Waals surface area contributed by atoms with Crippen LogP contribution < -0.4 is 19.7 Å². The predicted molar refractivity (Wildman–Crippen MR) is 116 cm³/mol. The fourth-order valence-electron chi connectivity index (χ4n) is 3.40. The summed E-state index contributed by atoms with van der Waals surface area (Å²) in [7, 11) is 0. The zero-order chi connectivity index (χ0) is 21.8. The molecular weight excluding hydrogens is 396 g/mol. The lowest BCUT2D eigenvalue weighted by Gasteiger charge is -2.29. The van der Waals surface area contributed by atoms with Crippen LogP contribution in [-0.4, -0.2) is 36.7 Å². The molecule has 0 bridgehead atoms. The number of hydrogen-bond acceptors (Lipinski definition) is 5. The minimum absolute atomic E-state index is 0.0219. The van der Waals surface area contributed by atoms with Crippen molar-refractivity contribution in [3.05, 3.63) is 77.9 Å². The van der Waals surface area contributed by atoms with Crippen LogP contribution >= 0.6 is 0 Å². The van der Waals surface area contributed by atoms with Gasteiger partial charge >= 0.3 is 0 Å². The van der Waals surface area contributed by atoms with Gasteiger partial charge in [0.25, 0.3) is 11.8 Å². The number of carbonyl (C=O) groups excluding carboxylic acids is 2. The standard InChI is InChI=1S/C24H22N2O5/c1-16-10-11-18(27)14-20(16)26(19-8-5-9-21-23(19)31-13-12-30-21)22(28)15-25-24(29)17-6-3-2-4-7-17/h2-11,14,27H,12-13,15H2,1H3,(H,25,29). The number of aromatic hydroxyl groups is 1. The fraction of sp³-hybridized carbons (Fsp3) is 0.167. The molecule has 7 nitrogen and oxygen atoms in total. The van der Waals surface area contributed by atoms with Crippen LogP contribution in [0.15, 0.2) is 66.7 Å². The Hall–Kier alpha value is -4.00. The molecule has 3 aromatic carbocycles. The molecule has 158 valence electrons. The molecule has 0 aliphatic carbocycles. The lowest BCUT2D eigenvalue weighted by molar-refractivity contribution is -0.117. The molecule has 0 spiro atoms. The quantitative estimate of drug-likeness (QED) is 0.661. The zero-order valence-corrected chi connectivity index (χ0v) is 17.0. The number of rotatable bonds is 5. The van der Waals surface area contributed by atoms with E-state index in [1.165, 1.54) is 11.0 Å². The maximum atomic E-state index is 13.4. The van der Waals surface area contributed by atoms with Crippen molar-refractivity contribution in [2.24, 2.45) is 0 Å². The highest BCUT2D eigenvalue weighted by molar-refractivity contribution is 6.06. The van der Waals surface area contributed by atoms with Gasteiger partial charge in [-0.1, -0.05) is 30.3 Å². The van der Waals surface area contributed by atoms with E-state index < -0.39 is 0 Å². The van der Waals surface area contributed by atoms with E-state index in [1.54, 1.807) is 54.6 Å². The second kappa shape index (κ2) is 8.79. The third kappa shape index (κ3) is 4.30. The van der Waals surface area contributed by atoms with Crippen LogP contribution in [-0.2, 0) is 4.79 Å². The summed E-state index contributed by atoms with van der Waals surface area (Å²) in [5, 5.41) is 12.7. The number of ether oxygens (including phenoxy) is 2. The number of phenols is 1. The van der Waals surface area contributed by atoms with Gasteiger partial charge in [-0.25, -0.2) is 0 Å². The lowest BCUT2D eigenvalue weighted by Crippen LogP contribution is -2.38. The highest BCUT2D eigenvalue weighted by Crippen LogP contribution is 2.43. The molecule has 4 rings (SSSR count). The van der Waals surface area contributed by atoms with E-state index in [0.717, 1.165) is 5.56 Å². The number of phenolic OH excluding ortho intramolecular Hbond substituents is 1. The molecule has 2 N–H and O–H groups in total. The summed E-state index contributed by atoms with van der Waals surface area (Å²) in [5.41, 5.74) is 2.20. The van der Waals surface area contributed by atoms with E-state index in [9.17, 15) is 14.7 Å². The normalized spacial score (nSPS) is 12.2. The van der Waals surface area contributed by atoms with Crippen LogP contribution in [0.3, 0.4) is 0 Å². The Morgan fingerprint density at radius 1 is 0.968 bits per heavy atom. The summed E-state index contributed by atoms with van der Waals surface area (Å²) >= 11 is 0. The van der Waals surface area contributed by atoms with Crippen molar-refractivity contribution < 1.29 is 24.2 Å². The Bertz CT molecular complexity index is 1110. The van der Waals surface area contributed by atoms with E-state index in [-0.39, 0.29) is 24.1 Å². The Balaban J connectivity index is 1.69. The van der Waals surface area contributed by atoms with Crippen LogP contribution in [0.5, 0.6) is 17.2 Å². The molecule has 0 fully saturated rings. The number of para-hydroxylation sites is 1. The summed E-state index contributed by atoms with van der Waals surface area (Å²) in [4.78, 5) is 27.2. The van der Waals surface area contributed by atoms with E-state index >= 15 is 0 Å². The third-order valence-electron chi connectivity index (χ3n) is 4.91. The summed E-state index contributed by atoms with van der Waals surface area (Å²) in [6, 6.07) is 18.7. The first-order valence-corrected chi connectivity index (χ1v) is 9.89. The SMILES string of the molecule is Cc1ccc(O)cc1N(C(=O)CNC(=O)c1ccccc1)c1cccc2c1OCCO2. The summed E-state index contributed by atoms with van der Waals surface area (Å²) in [6.07, 6.45) is 0. The maximum absolute atomic E-state index is 13.4. The molecule has 7 heteroatoms. The first kappa shape index (κ1) is 20.3. The maximum Gasteiger partial charge on any atom is 0.251 e. The van der Waals surface area contributed by atoms with Gasteiger partial charge in [-0.2, -0.15) is 0 Å². The topological polar surface area (TPSA) is 88.1 Å². The molecule has 0 aromatic heterocycles. The molecule has 31 heavy (non-hydrogen) atoms. The molecule has 0 saturated heterocycles. The van der Waals surface area contributed by atoms with Gasteiger partial charge in [-0.3, -0.25) is 14.5 Å². The average molecular weight is 418 g/mol. The van der Waals surface area contributed by atoms with Gasteiger partial charge in [0.2, 0.25) is 0 Å². The van der Waals surface area contributed by atoms with E-state index in [2.05, 4.69) is 5.32 Å². The molecular formula is C24H22N2O5. The number of amides is 2.